The first-order valence-corrected chi connectivity index (χ1v) is 10.7. The van der Waals surface area contributed by atoms with E-state index in [0.29, 0.717) is 5.56 Å². The molecule has 4 aromatic rings. The molecule has 1 N–H and O–H groups in total. The van der Waals surface area contributed by atoms with Gasteiger partial charge in [-0.25, -0.2) is 0 Å². The molecular weight excluding hydrogens is 411 g/mol. The van der Waals surface area contributed by atoms with Crippen LogP contribution in [0.15, 0.2) is 102 Å². The lowest BCUT2D eigenvalue weighted by Crippen LogP contribution is -2.05. The summed E-state index contributed by atoms with van der Waals surface area (Å²) in [5.41, 5.74) is 5.56. The third kappa shape index (κ3) is 4.22. The van der Waals surface area contributed by atoms with E-state index in [4.69, 9.17) is 0 Å². The highest BCUT2D eigenvalue weighted by Gasteiger charge is 2.25. The van der Waals surface area contributed by atoms with Gasteiger partial charge in [-0.2, -0.15) is 18.3 Å². The fraction of sp³-hybridized carbons (Fsp3) is 0.0400. The van der Waals surface area contributed by atoms with E-state index in [0.717, 1.165) is 33.4 Å². The minimum Gasteiger partial charge on any atom is -0.282 e. The van der Waals surface area contributed by atoms with Crippen LogP contribution in [0, 0.1) is 6.92 Å². The smallest absolute Gasteiger partial charge is 0.282 e. The lowest BCUT2D eigenvalue weighted by Gasteiger charge is -2.20. The summed E-state index contributed by atoms with van der Waals surface area (Å²) in [6, 6.07) is 30.2. The van der Waals surface area contributed by atoms with Gasteiger partial charge in [0.2, 0.25) is 0 Å². The van der Waals surface area contributed by atoms with Crippen molar-refractivity contribution in [2.45, 2.75) is 11.8 Å². The SMILES string of the molecule is Cc1c(-c2ccccc2)cc(S(=O)(=O)O)c(-c2ccccc2)c1-c1ccccc1.P. The van der Waals surface area contributed by atoms with Crippen LogP contribution in [0.4, 0.5) is 0 Å². The van der Waals surface area contributed by atoms with Crippen LogP contribution in [-0.4, -0.2) is 13.0 Å². The van der Waals surface area contributed by atoms with Crippen molar-refractivity contribution >= 4 is 20.0 Å². The second-order valence-corrected chi connectivity index (χ2v) is 8.26. The van der Waals surface area contributed by atoms with Crippen molar-refractivity contribution in [1.29, 1.82) is 0 Å². The van der Waals surface area contributed by atoms with E-state index < -0.39 is 10.1 Å². The van der Waals surface area contributed by atoms with E-state index in [1.54, 1.807) is 6.07 Å². The van der Waals surface area contributed by atoms with Crippen LogP contribution in [0.2, 0.25) is 0 Å². The number of rotatable bonds is 4. The molecule has 0 radical (unpaired) electrons. The van der Waals surface area contributed by atoms with E-state index in [2.05, 4.69) is 0 Å². The summed E-state index contributed by atoms with van der Waals surface area (Å²) in [5.74, 6) is 0. The van der Waals surface area contributed by atoms with Crippen molar-refractivity contribution in [1.82, 2.24) is 0 Å². The average Bonchev–Trinajstić information content (AvgIpc) is 2.74. The molecule has 1 atom stereocenters. The van der Waals surface area contributed by atoms with Crippen molar-refractivity contribution in [3.05, 3.63) is 103 Å². The molecule has 0 spiro atoms. The number of benzene rings is 4. The summed E-state index contributed by atoms with van der Waals surface area (Å²) < 4.78 is 35.1. The van der Waals surface area contributed by atoms with Gasteiger partial charge in [0.05, 0.1) is 0 Å². The van der Waals surface area contributed by atoms with Crippen LogP contribution in [0.5, 0.6) is 0 Å². The zero-order valence-electron chi connectivity index (χ0n) is 16.6. The number of hydrogen-bond donors (Lipinski definition) is 1. The minimum absolute atomic E-state index is 0. The molecule has 0 aliphatic rings. The first-order valence-electron chi connectivity index (χ1n) is 9.28. The molecule has 5 heteroatoms. The van der Waals surface area contributed by atoms with Crippen molar-refractivity contribution in [3.8, 4) is 33.4 Å². The zero-order valence-corrected chi connectivity index (χ0v) is 18.8. The molecule has 0 amide bonds. The summed E-state index contributed by atoms with van der Waals surface area (Å²) in [4.78, 5) is -0.0907. The van der Waals surface area contributed by atoms with Gasteiger partial charge in [0, 0.05) is 5.56 Å². The van der Waals surface area contributed by atoms with Gasteiger partial charge in [-0.05, 0) is 46.4 Å². The molecule has 0 aromatic heterocycles. The molecule has 30 heavy (non-hydrogen) atoms. The molecular formula is C25H23O3PS. The Morgan fingerprint density at radius 1 is 0.633 bits per heavy atom. The molecule has 1 unspecified atom stereocenters. The predicted octanol–water partition coefficient (Wildman–Crippen LogP) is 6.30. The van der Waals surface area contributed by atoms with Gasteiger partial charge in [-0.15, -0.1) is 0 Å². The molecule has 4 aromatic carbocycles. The molecule has 0 aliphatic carbocycles. The molecule has 0 aliphatic heterocycles. The van der Waals surface area contributed by atoms with Crippen LogP contribution in [0.1, 0.15) is 5.56 Å². The van der Waals surface area contributed by atoms with Gasteiger partial charge >= 0.3 is 0 Å². The summed E-state index contributed by atoms with van der Waals surface area (Å²) in [6.07, 6.45) is 0. The Bertz CT molecular complexity index is 1250. The highest BCUT2D eigenvalue weighted by atomic mass is 32.2. The Kier molecular flexibility index (Phi) is 6.52. The molecule has 3 nitrogen and oxygen atoms in total. The van der Waals surface area contributed by atoms with E-state index in [1.807, 2.05) is 97.9 Å². The maximum Gasteiger partial charge on any atom is 0.295 e. The Labute approximate surface area is 180 Å². The fourth-order valence-electron chi connectivity index (χ4n) is 3.73. The van der Waals surface area contributed by atoms with Gasteiger partial charge in [-0.1, -0.05) is 91.0 Å². The quantitative estimate of drug-likeness (QED) is 0.303. The lowest BCUT2D eigenvalue weighted by atomic mass is 9.86. The molecule has 0 fully saturated rings. The first kappa shape index (κ1) is 21.9. The summed E-state index contributed by atoms with van der Waals surface area (Å²) in [6.45, 7) is 1.99. The van der Waals surface area contributed by atoms with Crippen molar-refractivity contribution in [2.75, 3.05) is 0 Å². The van der Waals surface area contributed by atoms with Crippen molar-refractivity contribution in [3.63, 3.8) is 0 Å². The molecule has 152 valence electrons. The molecule has 0 bridgehead atoms. The monoisotopic (exact) mass is 434 g/mol. The molecule has 4 rings (SSSR count). The normalized spacial score (nSPS) is 11.0. The maximum absolute atomic E-state index is 12.5. The van der Waals surface area contributed by atoms with Gasteiger partial charge in [0.1, 0.15) is 4.90 Å². The predicted molar refractivity (Wildman–Crippen MR) is 128 cm³/mol. The van der Waals surface area contributed by atoms with E-state index in [-0.39, 0.29) is 14.8 Å². The van der Waals surface area contributed by atoms with Gasteiger partial charge < -0.3 is 0 Å². The van der Waals surface area contributed by atoms with Crippen LogP contribution >= 0.6 is 9.90 Å². The lowest BCUT2D eigenvalue weighted by molar-refractivity contribution is 0.483. The second-order valence-electron chi connectivity index (χ2n) is 6.87. The standard InChI is InChI=1S/C25H20O3S.H3P/c1-18-22(19-11-5-2-6-12-19)17-23(29(26,27)28)25(21-15-9-4-10-16-21)24(18)20-13-7-3-8-14-20;/h2-17H,1H3,(H,26,27,28);1H3. The van der Waals surface area contributed by atoms with Crippen molar-refractivity contribution < 1.29 is 13.0 Å². The number of hydrogen-bond acceptors (Lipinski definition) is 2. The zero-order chi connectivity index (χ0) is 20.4. The fourth-order valence-corrected chi connectivity index (χ4v) is 4.48. The topological polar surface area (TPSA) is 54.4 Å². The van der Waals surface area contributed by atoms with Crippen LogP contribution in [0.25, 0.3) is 33.4 Å². The Balaban J connectivity index is 0.00000256. The molecule has 0 saturated carbocycles. The summed E-state index contributed by atoms with van der Waals surface area (Å²) >= 11 is 0. The maximum atomic E-state index is 12.5. The summed E-state index contributed by atoms with van der Waals surface area (Å²) in [5, 5.41) is 0. The van der Waals surface area contributed by atoms with E-state index >= 15 is 0 Å². The highest BCUT2D eigenvalue weighted by molar-refractivity contribution is 7.86. The van der Waals surface area contributed by atoms with Crippen LogP contribution < -0.4 is 0 Å². The third-order valence-corrected chi connectivity index (χ3v) is 5.92. The Hall–Kier alpha value is -2.78. The third-order valence-electron chi connectivity index (χ3n) is 5.04. The molecule has 0 heterocycles. The minimum atomic E-state index is -4.46. The van der Waals surface area contributed by atoms with Gasteiger partial charge in [-0.3, -0.25) is 4.55 Å². The van der Waals surface area contributed by atoms with Crippen LogP contribution in [0.3, 0.4) is 0 Å². The second kappa shape index (κ2) is 8.93. The highest BCUT2D eigenvalue weighted by Crippen LogP contribution is 2.43. The van der Waals surface area contributed by atoms with Crippen LogP contribution in [-0.2, 0) is 10.1 Å². The average molecular weight is 434 g/mol. The van der Waals surface area contributed by atoms with E-state index in [9.17, 15) is 13.0 Å². The molecule has 0 saturated heterocycles. The Morgan fingerprint density at radius 3 is 1.47 bits per heavy atom. The summed E-state index contributed by atoms with van der Waals surface area (Å²) in [7, 11) is -4.46. The first-order chi connectivity index (χ1) is 14.0. The van der Waals surface area contributed by atoms with Crippen molar-refractivity contribution in [2.24, 2.45) is 0 Å². The van der Waals surface area contributed by atoms with Gasteiger partial charge in [0.15, 0.2) is 0 Å². The van der Waals surface area contributed by atoms with E-state index in [1.165, 1.54) is 0 Å². The Morgan fingerprint density at radius 2 is 1.03 bits per heavy atom. The van der Waals surface area contributed by atoms with Gasteiger partial charge in [0.25, 0.3) is 10.1 Å². The largest absolute Gasteiger partial charge is 0.295 e.